The van der Waals surface area contributed by atoms with Crippen LogP contribution in [0.15, 0.2) is 6.20 Å². The highest BCUT2D eigenvalue weighted by atomic mass is 15.3. The van der Waals surface area contributed by atoms with Crippen molar-refractivity contribution in [3.8, 4) is 0 Å². The van der Waals surface area contributed by atoms with Gasteiger partial charge in [0.05, 0.1) is 0 Å². The molecule has 17 heavy (non-hydrogen) atoms. The van der Waals surface area contributed by atoms with Crippen LogP contribution in [0, 0.1) is 6.92 Å². The zero-order chi connectivity index (χ0) is 12.4. The van der Waals surface area contributed by atoms with E-state index in [9.17, 15) is 0 Å². The van der Waals surface area contributed by atoms with E-state index in [0.29, 0.717) is 12.0 Å². The molecule has 1 saturated heterocycles. The lowest BCUT2D eigenvalue weighted by atomic mass is 10.0. The highest BCUT2D eigenvalue weighted by Gasteiger charge is 2.23. The summed E-state index contributed by atoms with van der Waals surface area (Å²) in [5.74, 6) is 1.31. The van der Waals surface area contributed by atoms with Gasteiger partial charge in [0, 0.05) is 31.4 Å². The van der Waals surface area contributed by atoms with E-state index in [2.05, 4.69) is 33.9 Å². The molecule has 1 atom stereocenters. The Balaban J connectivity index is 2.18. The number of rotatable bonds is 2. The van der Waals surface area contributed by atoms with Gasteiger partial charge < -0.3 is 15.5 Å². The number of hydrogen-bond donors (Lipinski definition) is 1. The fourth-order valence-electron chi connectivity index (χ4n) is 2.43. The molecule has 0 aromatic carbocycles. The number of nitrogens with zero attached hydrogens (tertiary/aromatic N) is 4. The molecule has 0 aliphatic carbocycles. The van der Waals surface area contributed by atoms with Gasteiger partial charge in [-0.25, -0.2) is 4.98 Å². The smallest absolute Gasteiger partial charge is 0.221 e. The second-order valence-electron chi connectivity index (χ2n) is 4.90. The number of aryl methyl sites for hydroxylation is 1. The molecule has 2 heterocycles. The van der Waals surface area contributed by atoms with Gasteiger partial charge in [-0.05, 0) is 33.4 Å². The van der Waals surface area contributed by atoms with Crippen molar-refractivity contribution in [2.45, 2.75) is 25.8 Å². The molecule has 1 aliphatic heterocycles. The summed E-state index contributed by atoms with van der Waals surface area (Å²) in [6.45, 7) is 4.30. The van der Waals surface area contributed by atoms with Crippen molar-refractivity contribution in [2.75, 3.05) is 37.8 Å². The van der Waals surface area contributed by atoms with Crippen LogP contribution >= 0.6 is 0 Å². The number of anilines is 2. The molecule has 0 spiro atoms. The van der Waals surface area contributed by atoms with Crippen molar-refractivity contribution in [1.82, 2.24) is 14.9 Å². The van der Waals surface area contributed by atoms with E-state index in [-0.39, 0.29) is 0 Å². The summed E-state index contributed by atoms with van der Waals surface area (Å²) in [5, 5.41) is 0. The van der Waals surface area contributed by atoms with E-state index >= 15 is 0 Å². The molecule has 5 heteroatoms. The summed E-state index contributed by atoms with van der Waals surface area (Å²) in [4.78, 5) is 13.0. The molecule has 0 saturated carbocycles. The summed E-state index contributed by atoms with van der Waals surface area (Å²) < 4.78 is 0. The van der Waals surface area contributed by atoms with Gasteiger partial charge in [0.25, 0.3) is 0 Å². The van der Waals surface area contributed by atoms with E-state index < -0.39 is 0 Å². The molecule has 94 valence electrons. The number of hydrogen-bond acceptors (Lipinski definition) is 5. The third kappa shape index (κ3) is 2.66. The standard InChI is InChI=1S/C12H21N5/c1-9-7-14-12(13)15-11(9)17(3)10-5-4-6-16(2)8-10/h7,10H,4-6,8H2,1-3H3,(H2,13,14,15). The predicted octanol–water partition coefficient (Wildman–Crippen LogP) is 0.898. The first kappa shape index (κ1) is 12.1. The van der Waals surface area contributed by atoms with Gasteiger partial charge in [-0.2, -0.15) is 4.98 Å². The summed E-state index contributed by atoms with van der Waals surface area (Å²) in [6.07, 6.45) is 4.25. The summed E-state index contributed by atoms with van der Waals surface area (Å²) in [6, 6.07) is 0.516. The lowest BCUT2D eigenvalue weighted by Crippen LogP contribution is -2.45. The van der Waals surface area contributed by atoms with Crippen molar-refractivity contribution in [3.63, 3.8) is 0 Å². The second kappa shape index (κ2) is 4.87. The molecule has 5 nitrogen and oxygen atoms in total. The highest BCUT2D eigenvalue weighted by molar-refractivity contribution is 5.48. The lowest BCUT2D eigenvalue weighted by Gasteiger charge is -2.36. The van der Waals surface area contributed by atoms with Crippen LogP contribution in [-0.2, 0) is 0 Å². The minimum absolute atomic E-state index is 0.349. The molecule has 0 radical (unpaired) electrons. The molecule has 1 fully saturated rings. The van der Waals surface area contributed by atoms with Gasteiger partial charge in [0.15, 0.2) is 0 Å². The monoisotopic (exact) mass is 235 g/mol. The van der Waals surface area contributed by atoms with Crippen molar-refractivity contribution in [3.05, 3.63) is 11.8 Å². The zero-order valence-corrected chi connectivity index (χ0v) is 10.8. The average Bonchev–Trinajstić information content (AvgIpc) is 2.31. The largest absolute Gasteiger partial charge is 0.368 e. The Morgan fingerprint density at radius 1 is 1.53 bits per heavy atom. The average molecular weight is 235 g/mol. The van der Waals surface area contributed by atoms with Crippen molar-refractivity contribution < 1.29 is 0 Å². The van der Waals surface area contributed by atoms with Crippen LogP contribution < -0.4 is 10.6 Å². The molecular weight excluding hydrogens is 214 g/mol. The first-order chi connectivity index (χ1) is 8.08. The quantitative estimate of drug-likeness (QED) is 0.825. The van der Waals surface area contributed by atoms with E-state index in [4.69, 9.17) is 5.73 Å². The van der Waals surface area contributed by atoms with Crippen molar-refractivity contribution >= 4 is 11.8 Å². The number of likely N-dealkylation sites (N-methyl/N-ethyl adjacent to an activating group) is 2. The molecular formula is C12H21N5. The van der Waals surface area contributed by atoms with Crippen LogP contribution in [0.3, 0.4) is 0 Å². The van der Waals surface area contributed by atoms with Gasteiger partial charge >= 0.3 is 0 Å². The van der Waals surface area contributed by atoms with Gasteiger partial charge in [0.2, 0.25) is 5.95 Å². The normalized spacial score (nSPS) is 21.5. The van der Waals surface area contributed by atoms with Crippen LogP contribution in [0.2, 0.25) is 0 Å². The molecule has 0 amide bonds. The Hall–Kier alpha value is -1.36. The van der Waals surface area contributed by atoms with Crippen LogP contribution in [0.5, 0.6) is 0 Å². The van der Waals surface area contributed by atoms with Crippen molar-refractivity contribution in [2.24, 2.45) is 0 Å². The second-order valence-corrected chi connectivity index (χ2v) is 4.90. The minimum atomic E-state index is 0.349. The third-order valence-electron chi connectivity index (χ3n) is 3.45. The maximum atomic E-state index is 5.66. The molecule has 0 bridgehead atoms. The zero-order valence-electron chi connectivity index (χ0n) is 10.8. The van der Waals surface area contributed by atoms with Crippen LogP contribution in [0.1, 0.15) is 18.4 Å². The number of nitrogens with two attached hydrogens (primary N) is 1. The van der Waals surface area contributed by atoms with Gasteiger partial charge in [-0.1, -0.05) is 0 Å². The topological polar surface area (TPSA) is 58.3 Å². The van der Waals surface area contributed by atoms with Crippen LogP contribution in [0.4, 0.5) is 11.8 Å². The molecule has 1 aromatic heterocycles. The Kier molecular flexibility index (Phi) is 3.47. The molecule has 1 aromatic rings. The maximum Gasteiger partial charge on any atom is 0.221 e. The highest BCUT2D eigenvalue weighted by Crippen LogP contribution is 2.22. The predicted molar refractivity (Wildman–Crippen MR) is 70.1 cm³/mol. The van der Waals surface area contributed by atoms with E-state index in [1.54, 1.807) is 6.20 Å². The molecule has 1 aliphatic rings. The summed E-state index contributed by atoms with van der Waals surface area (Å²) in [7, 11) is 4.26. The van der Waals surface area contributed by atoms with Gasteiger partial charge in [-0.15, -0.1) is 0 Å². The lowest BCUT2D eigenvalue weighted by molar-refractivity contribution is 0.247. The van der Waals surface area contributed by atoms with E-state index in [1.165, 1.54) is 19.4 Å². The Bertz CT molecular complexity index is 392. The SMILES string of the molecule is Cc1cnc(N)nc1N(C)C1CCCN(C)C1. The number of aromatic nitrogens is 2. The molecule has 1 unspecified atom stereocenters. The van der Waals surface area contributed by atoms with Crippen LogP contribution in [0.25, 0.3) is 0 Å². The fraction of sp³-hybridized carbons (Fsp3) is 0.667. The summed E-state index contributed by atoms with van der Waals surface area (Å²) in [5.41, 5.74) is 6.74. The first-order valence-corrected chi connectivity index (χ1v) is 6.08. The third-order valence-corrected chi connectivity index (χ3v) is 3.45. The Morgan fingerprint density at radius 3 is 3.00 bits per heavy atom. The minimum Gasteiger partial charge on any atom is -0.368 e. The van der Waals surface area contributed by atoms with Gasteiger partial charge in [-0.3, -0.25) is 0 Å². The van der Waals surface area contributed by atoms with E-state index in [0.717, 1.165) is 17.9 Å². The van der Waals surface area contributed by atoms with Crippen molar-refractivity contribution in [1.29, 1.82) is 0 Å². The Labute approximate surface area is 103 Å². The number of likely N-dealkylation sites (tertiary alicyclic amines) is 1. The van der Waals surface area contributed by atoms with E-state index in [1.807, 2.05) is 6.92 Å². The van der Waals surface area contributed by atoms with Crippen LogP contribution in [-0.4, -0.2) is 48.1 Å². The maximum absolute atomic E-state index is 5.66. The summed E-state index contributed by atoms with van der Waals surface area (Å²) >= 11 is 0. The molecule has 2 N–H and O–H groups in total. The first-order valence-electron chi connectivity index (χ1n) is 6.08. The fourth-order valence-corrected chi connectivity index (χ4v) is 2.43. The Morgan fingerprint density at radius 2 is 2.29 bits per heavy atom. The number of piperidine rings is 1. The van der Waals surface area contributed by atoms with Gasteiger partial charge in [0.1, 0.15) is 5.82 Å². The number of nitrogen functional groups attached to an aromatic ring is 1. The molecule has 2 rings (SSSR count).